The maximum absolute atomic E-state index is 12.6. The maximum atomic E-state index is 12.6. The molecular weight excluding hydrogens is 379 g/mol. The molecule has 3 atom stereocenters. The molecule has 2 aromatic carbocycles. The van der Waals surface area contributed by atoms with Crippen LogP contribution in [0.3, 0.4) is 0 Å². The van der Waals surface area contributed by atoms with E-state index in [2.05, 4.69) is 0 Å². The van der Waals surface area contributed by atoms with Crippen molar-refractivity contribution >= 4 is 40.9 Å². The van der Waals surface area contributed by atoms with Crippen molar-refractivity contribution < 1.29 is 9.53 Å². The fourth-order valence-corrected chi connectivity index (χ4v) is 4.99. The molecular formula is C18H12Cl2N2O2S. The summed E-state index contributed by atoms with van der Waals surface area (Å²) in [5.74, 6) is 0.487. The zero-order chi connectivity index (χ0) is 17.2. The number of hydrazine groups is 1. The van der Waals surface area contributed by atoms with Crippen molar-refractivity contribution in [2.24, 2.45) is 0 Å². The largest absolute Gasteiger partial charge is 0.442 e. The average molecular weight is 391 g/mol. The van der Waals surface area contributed by atoms with Gasteiger partial charge in [0.15, 0.2) is 5.38 Å². The van der Waals surface area contributed by atoms with Crippen LogP contribution >= 0.6 is 35.0 Å². The van der Waals surface area contributed by atoms with Crippen LogP contribution in [0.2, 0.25) is 5.02 Å². The first-order valence-electron chi connectivity index (χ1n) is 7.76. The average Bonchev–Trinajstić information content (AvgIpc) is 3.17. The fraction of sp³-hybridized carbons (Fsp3) is 0.167. The minimum absolute atomic E-state index is 0.0917. The minimum atomic E-state index is -0.975. The summed E-state index contributed by atoms with van der Waals surface area (Å²) in [4.78, 5) is 12.6. The molecule has 7 heteroatoms. The number of nitrogens with zero attached hydrogens (tertiary/aromatic N) is 2. The number of fused-ring (bicyclic) bond motifs is 3. The van der Waals surface area contributed by atoms with Gasteiger partial charge in [0.1, 0.15) is 5.37 Å². The zero-order valence-corrected chi connectivity index (χ0v) is 15.1. The van der Waals surface area contributed by atoms with E-state index in [9.17, 15) is 4.79 Å². The van der Waals surface area contributed by atoms with Gasteiger partial charge in [0, 0.05) is 16.0 Å². The number of carbonyl (C=O) groups excluding carboxylic acids is 1. The van der Waals surface area contributed by atoms with Crippen LogP contribution in [0.25, 0.3) is 0 Å². The third-order valence-corrected chi connectivity index (χ3v) is 6.45. The first kappa shape index (κ1) is 15.4. The van der Waals surface area contributed by atoms with Gasteiger partial charge in [0.25, 0.3) is 11.6 Å². The normalized spacial score (nSPS) is 29.7. The number of halogens is 2. The van der Waals surface area contributed by atoms with Gasteiger partial charge in [-0.05, 0) is 17.7 Å². The predicted molar refractivity (Wildman–Crippen MR) is 97.4 cm³/mol. The van der Waals surface area contributed by atoms with Gasteiger partial charge < -0.3 is 4.74 Å². The highest BCUT2D eigenvalue weighted by molar-refractivity contribution is 8.02. The Kier molecular flexibility index (Phi) is 3.29. The second-order valence-electron chi connectivity index (χ2n) is 6.02. The highest BCUT2D eigenvalue weighted by Crippen LogP contribution is 2.60. The number of hydrogen-bond acceptors (Lipinski definition) is 4. The van der Waals surface area contributed by atoms with Crippen molar-refractivity contribution in [3.8, 4) is 0 Å². The van der Waals surface area contributed by atoms with E-state index in [1.54, 1.807) is 16.8 Å². The van der Waals surface area contributed by atoms with Crippen LogP contribution in [0.4, 0.5) is 0 Å². The summed E-state index contributed by atoms with van der Waals surface area (Å²) < 4.78 is 6.23. The molecule has 0 N–H and O–H groups in total. The number of alkyl halides is 1. The van der Waals surface area contributed by atoms with Crippen LogP contribution in [0.1, 0.15) is 16.5 Å². The van der Waals surface area contributed by atoms with E-state index in [1.807, 2.05) is 65.0 Å². The molecule has 5 rings (SSSR count). The molecule has 2 saturated heterocycles. The van der Waals surface area contributed by atoms with Gasteiger partial charge in [-0.1, -0.05) is 65.8 Å². The molecule has 0 bridgehead atoms. The SMILES string of the molecule is O=C1[C@@H](Cl)[C@@]2(c3ccccc3)OC3=CS[C@@H](c4ccc(Cl)cc4)N3N12. The number of rotatable bonds is 2. The number of hydrogen-bond donors (Lipinski definition) is 0. The van der Waals surface area contributed by atoms with Crippen LogP contribution in [-0.2, 0) is 15.3 Å². The van der Waals surface area contributed by atoms with Crippen LogP contribution in [0.15, 0.2) is 65.9 Å². The molecule has 25 heavy (non-hydrogen) atoms. The van der Waals surface area contributed by atoms with E-state index in [-0.39, 0.29) is 11.3 Å². The van der Waals surface area contributed by atoms with E-state index in [0.29, 0.717) is 10.9 Å². The van der Waals surface area contributed by atoms with Crippen molar-refractivity contribution in [1.82, 2.24) is 10.0 Å². The monoisotopic (exact) mass is 390 g/mol. The van der Waals surface area contributed by atoms with Crippen LogP contribution in [-0.4, -0.2) is 21.3 Å². The van der Waals surface area contributed by atoms with Crippen molar-refractivity contribution in [3.63, 3.8) is 0 Å². The smallest absolute Gasteiger partial charge is 0.269 e. The molecule has 0 spiro atoms. The van der Waals surface area contributed by atoms with Crippen molar-refractivity contribution in [3.05, 3.63) is 82.0 Å². The molecule has 0 unspecified atom stereocenters. The van der Waals surface area contributed by atoms with Crippen LogP contribution in [0, 0.1) is 0 Å². The number of thioether (sulfide) groups is 1. The summed E-state index contributed by atoms with van der Waals surface area (Å²) in [6.07, 6.45) is 0. The molecule has 0 radical (unpaired) electrons. The molecule has 3 heterocycles. The summed E-state index contributed by atoms with van der Waals surface area (Å²) in [5, 5.41) is 5.30. The molecule has 2 aromatic rings. The van der Waals surface area contributed by atoms with E-state index in [0.717, 1.165) is 11.1 Å². The predicted octanol–water partition coefficient (Wildman–Crippen LogP) is 4.43. The third kappa shape index (κ3) is 1.94. The van der Waals surface area contributed by atoms with Crippen LogP contribution < -0.4 is 0 Å². The molecule has 2 fully saturated rings. The number of amides is 1. The summed E-state index contributed by atoms with van der Waals surface area (Å²) in [5.41, 5.74) is 0.931. The summed E-state index contributed by atoms with van der Waals surface area (Å²) in [6.45, 7) is 0. The lowest BCUT2D eigenvalue weighted by atomic mass is 9.90. The lowest BCUT2D eigenvalue weighted by Gasteiger charge is -2.50. The maximum Gasteiger partial charge on any atom is 0.269 e. The number of β-lactam (4-membered cyclic amide) rings is 1. The molecule has 3 aliphatic rings. The highest BCUT2D eigenvalue weighted by Gasteiger charge is 2.72. The van der Waals surface area contributed by atoms with E-state index < -0.39 is 11.1 Å². The molecule has 0 saturated carbocycles. The molecule has 0 aromatic heterocycles. The first-order chi connectivity index (χ1) is 12.1. The van der Waals surface area contributed by atoms with Gasteiger partial charge in [-0.25, -0.2) is 5.01 Å². The van der Waals surface area contributed by atoms with E-state index in [1.165, 1.54) is 0 Å². The molecule has 1 amide bonds. The van der Waals surface area contributed by atoms with Gasteiger partial charge in [0.2, 0.25) is 5.88 Å². The van der Waals surface area contributed by atoms with Gasteiger partial charge in [-0.3, -0.25) is 4.79 Å². The lowest BCUT2D eigenvalue weighted by molar-refractivity contribution is -0.206. The van der Waals surface area contributed by atoms with Crippen LogP contribution in [0.5, 0.6) is 0 Å². The number of benzene rings is 2. The van der Waals surface area contributed by atoms with Gasteiger partial charge >= 0.3 is 0 Å². The summed E-state index contributed by atoms with van der Waals surface area (Å²) >= 11 is 14.0. The van der Waals surface area contributed by atoms with Crippen molar-refractivity contribution in [1.29, 1.82) is 0 Å². The molecule has 0 aliphatic carbocycles. The van der Waals surface area contributed by atoms with Gasteiger partial charge in [0.05, 0.1) is 0 Å². The Balaban J connectivity index is 1.58. The second kappa shape index (κ2) is 5.34. The topological polar surface area (TPSA) is 32.8 Å². The van der Waals surface area contributed by atoms with Gasteiger partial charge in [-0.2, -0.15) is 5.01 Å². The van der Waals surface area contributed by atoms with Crippen molar-refractivity contribution in [2.75, 3.05) is 0 Å². The molecule has 3 aliphatic heterocycles. The Bertz CT molecular complexity index is 890. The first-order valence-corrected chi connectivity index (χ1v) is 9.51. The molecule has 4 nitrogen and oxygen atoms in total. The minimum Gasteiger partial charge on any atom is -0.442 e. The lowest BCUT2D eigenvalue weighted by Crippen LogP contribution is -2.70. The Hall–Kier alpha value is -1.82. The zero-order valence-electron chi connectivity index (χ0n) is 12.8. The Labute approximate surface area is 158 Å². The summed E-state index contributed by atoms with van der Waals surface area (Å²) in [7, 11) is 0. The Morgan fingerprint density at radius 1 is 1.08 bits per heavy atom. The summed E-state index contributed by atoms with van der Waals surface area (Å²) in [6, 6.07) is 17.2. The third-order valence-electron chi connectivity index (χ3n) is 4.65. The molecule has 126 valence electrons. The van der Waals surface area contributed by atoms with E-state index >= 15 is 0 Å². The van der Waals surface area contributed by atoms with E-state index in [4.69, 9.17) is 27.9 Å². The van der Waals surface area contributed by atoms with Gasteiger partial charge in [-0.15, -0.1) is 11.6 Å². The van der Waals surface area contributed by atoms with Crippen molar-refractivity contribution in [2.45, 2.75) is 16.5 Å². The Morgan fingerprint density at radius 3 is 2.52 bits per heavy atom. The Morgan fingerprint density at radius 2 is 1.80 bits per heavy atom. The second-order valence-corrected chi connectivity index (χ2v) is 7.85. The quantitative estimate of drug-likeness (QED) is 0.560. The number of carbonyl (C=O) groups is 1. The fourth-order valence-electron chi connectivity index (χ4n) is 3.48. The number of ether oxygens (including phenoxy) is 1. The standard InChI is InChI=1S/C18H12Cl2N2O2S/c19-13-8-6-11(7-9-13)17-21-14(10-25-17)24-18(12-4-2-1-3-5-12)15(20)16(23)22(18)21/h1-10,15,17H/t15-,17+,18-/m1/s1. The highest BCUT2D eigenvalue weighted by atomic mass is 35.5.